The first-order valence-corrected chi connectivity index (χ1v) is 9.28. The SMILES string of the molecule is C[C@H](Oc1ccc2c(c1)CCCC2)C(=O)Nc1cccc2ccccc12. The molecule has 0 radical (unpaired) electrons. The van der Waals surface area contributed by atoms with E-state index in [9.17, 15) is 4.79 Å². The van der Waals surface area contributed by atoms with Crippen LogP contribution in [0.15, 0.2) is 60.7 Å². The van der Waals surface area contributed by atoms with Gasteiger partial charge >= 0.3 is 0 Å². The fourth-order valence-corrected chi connectivity index (χ4v) is 3.61. The van der Waals surface area contributed by atoms with Crippen molar-refractivity contribution >= 4 is 22.4 Å². The van der Waals surface area contributed by atoms with Gasteiger partial charge in [0.05, 0.1) is 0 Å². The monoisotopic (exact) mass is 345 g/mol. The van der Waals surface area contributed by atoms with Crippen LogP contribution in [0.4, 0.5) is 5.69 Å². The predicted molar refractivity (Wildman–Crippen MR) is 106 cm³/mol. The minimum atomic E-state index is -0.560. The van der Waals surface area contributed by atoms with Gasteiger partial charge in [0.2, 0.25) is 0 Å². The number of aryl methyl sites for hydroxylation is 2. The molecule has 3 heteroatoms. The Hall–Kier alpha value is -2.81. The number of amides is 1. The molecular weight excluding hydrogens is 322 g/mol. The summed E-state index contributed by atoms with van der Waals surface area (Å²) in [6.45, 7) is 1.79. The lowest BCUT2D eigenvalue weighted by molar-refractivity contribution is -0.122. The predicted octanol–water partition coefficient (Wildman–Crippen LogP) is 5.12. The van der Waals surface area contributed by atoms with E-state index in [1.165, 1.54) is 24.0 Å². The summed E-state index contributed by atoms with van der Waals surface area (Å²) in [4.78, 5) is 12.6. The van der Waals surface area contributed by atoms with Gasteiger partial charge in [0.25, 0.3) is 5.91 Å². The molecule has 0 saturated heterocycles. The molecule has 0 unspecified atom stereocenters. The molecule has 0 bridgehead atoms. The minimum absolute atomic E-state index is 0.140. The summed E-state index contributed by atoms with van der Waals surface area (Å²) in [6, 6.07) is 20.1. The molecule has 0 saturated carbocycles. The van der Waals surface area contributed by atoms with Gasteiger partial charge in [0, 0.05) is 11.1 Å². The van der Waals surface area contributed by atoms with Crippen LogP contribution in [0.25, 0.3) is 10.8 Å². The zero-order valence-electron chi connectivity index (χ0n) is 15.0. The van der Waals surface area contributed by atoms with Gasteiger partial charge in [0.15, 0.2) is 6.10 Å². The van der Waals surface area contributed by atoms with Crippen molar-refractivity contribution in [1.29, 1.82) is 0 Å². The molecule has 3 nitrogen and oxygen atoms in total. The van der Waals surface area contributed by atoms with Gasteiger partial charge in [-0.15, -0.1) is 0 Å². The van der Waals surface area contributed by atoms with Crippen LogP contribution in [0, 0.1) is 0 Å². The molecule has 132 valence electrons. The van der Waals surface area contributed by atoms with Crippen molar-refractivity contribution in [3.05, 3.63) is 71.8 Å². The fourth-order valence-electron chi connectivity index (χ4n) is 3.61. The summed E-state index contributed by atoms with van der Waals surface area (Å²) >= 11 is 0. The molecule has 3 aromatic rings. The fraction of sp³-hybridized carbons (Fsp3) is 0.261. The van der Waals surface area contributed by atoms with Crippen LogP contribution in [0.1, 0.15) is 30.9 Å². The average molecular weight is 345 g/mol. The van der Waals surface area contributed by atoms with E-state index in [1.54, 1.807) is 6.92 Å². The van der Waals surface area contributed by atoms with Gasteiger partial charge in [-0.3, -0.25) is 4.79 Å². The first kappa shape index (κ1) is 16.6. The lowest BCUT2D eigenvalue weighted by atomic mass is 9.92. The van der Waals surface area contributed by atoms with Crippen LogP contribution in [-0.2, 0) is 17.6 Å². The molecule has 1 atom stereocenters. The Morgan fingerprint density at radius 3 is 2.62 bits per heavy atom. The molecule has 1 aliphatic carbocycles. The van der Waals surface area contributed by atoms with Crippen molar-refractivity contribution in [3.63, 3.8) is 0 Å². The molecule has 1 aliphatic rings. The zero-order valence-corrected chi connectivity index (χ0v) is 15.0. The van der Waals surface area contributed by atoms with Gasteiger partial charge in [-0.05, 0) is 67.3 Å². The quantitative estimate of drug-likeness (QED) is 0.712. The Kier molecular flexibility index (Phi) is 4.61. The Labute approximate surface area is 154 Å². The van der Waals surface area contributed by atoms with Gasteiger partial charge in [-0.1, -0.05) is 42.5 Å². The van der Waals surface area contributed by atoms with E-state index in [-0.39, 0.29) is 5.91 Å². The van der Waals surface area contributed by atoms with E-state index in [0.29, 0.717) is 0 Å². The molecule has 0 heterocycles. The second-order valence-corrected chi connectivity index (χ2v) is 6.91. The summed E-state index contributed by atoms with van der Waals surface area (Å²) < 4.78 is 5.91. The largest absolute Gasteiger partial charge is 0.481 e. The van der Waals surface area contributed by atoms with Crippen molar-refractivity contribution in [2.24, 2.45) is 0 Å². The van der Waals surface area contributed by atoms with Crippen LogP contribution < -0.4 is 10.1 Å². The normalized spacial score (nSPS) is 14.5. The van der Waals surface area contributed by atoms with Crippen molar-refractivity contribution in [1.82, 2.24) is 0 Å². The van der Waals surface area contributed by atoms with Gasteiger partial charge in [-0.25, -0.2) is 0 Å². The highest BCUT2D eigenvalue weighted by molar-refractivity contribution is 6.03. The maximum Gasteiger partial charge on any atom is 0.265 e. The molecule has 26 heavy (non-hydrogen) atoms. The Balaban J connectivity index is 1.48. The van der Waals surface area contributed by atoms with Crippen molar-refractivity contribution in [3.8, 4) is 5.75 Å². The molecule has 1 amide bonds. The first-order chi connectivity index (χ1) is 12.7. The molecule has 3 aromatic carbocycles. The summed E-state index contributed by atoms with van der Waals surface area (Å²) in [5.74, 6) is 0.630. The summed E-state index contributed by atoms with van der Waals surface area (Å²) in [7, 11) is 0. The summed E-state index contributed by atoms with van der Waals surface area (Å²) in [6.07, 6.45) is 4.18. The van der Waals surface area contributed by atoms with E-state index in [0.717, 1.165) is 35.1 Å². The van der Waals surface area contributed by atoms with Crippen LogP contribution in [0.2, 0.25) is 0 Å². The number of carbonyl (C=O) groups excluding carboxylic acids is 1. The van der Waals surface area contributed by atoms with E-state index in [2.05, 4.69) is 17.4 Å². The van der Waals surface area contributed by atoms with E-state index in [1.807, 2.05) is 48.5 Å². The number of hydrogen-bond acceptors (Lipinski definition) is 2. The Bertz CT molecular complexity index is 943. The topological polar surface area (TPSA) is 38.3 Å². The average Bonchev–Trinajstić information content (AvgIpc) is 2.68. The highest BCUT2D eigenvalue weighted by Gasteiger charge is 2.17. The molecular formula is C23H23NO2. The third-order valence-corrected chi connectivity index (χ3v) is 5.05. The number of nitrogens with one attached hydrogen (secondary N) is 1. The molecule has 0 aliphatic heterocycles. The molecule has 1 N–H and O–H groups in total. The zero-order chi connectivity index (χ0) is 17.9. The second kappa shape index (κ2) is 7.20. The highest BCUT2D eigenvalue weighted by Crippen LogP contribution is 2.26. The van der Waals surface area contributed by atoms with E-state index >= 15 is 0 Å². The first-order valence-electron chi connectivity index (χ1n) is 9.28. The highest BCUT2D eigenvalue weighted by atomic mass is 16.5. The number of ether oxygens (including phenoxy) is 1. The Morgan fingerprint density at radius 1 is 0.962 bits per heavy atom. The number of hydrogen-bond donors (Lipinski definition) is 1. The summed E-state index contributed by atoms with van der Waals surface area (Å²) in [5.41, 5.74) is 3.58. The van der Waals surface area contributed by atoms with Crippen molar-refractivity contribution in [2.45, 2.75) is 38.7 Å². The lowest BCUT2D eigenvalue weighted by Crippen LogP contribution is -2.30. The van der Waals surface area contributed by atoms with Crippen LogP contribution in [0.5, 0.6) is 5.75 Å². The number of anilines is 1. The van der Waals surface area contributed by atoms with E-state index < -0.39 is 6.10 Å². The maximum atomic E-state index is 12.6. The molecule has 0 fully saturated rings. The van der Waals surface area contributed by atoms with Gasteiger partial charge < -0.3 is 10.1 Å². The van der Waals surface area contributed by atoms with Crippen LogP contribution in [-0.4, -0.2) is 12.0 Å². The number of fused-ring (bicyclic) bond motifs is 2. The number of carbonyl (C=O) groups is 1. The second-order valence-electron chi connectivity index (χ2n) is 6.91. The standard InChI is InChI=1S/C23H23NO2/c1-16(26-20-14-13-17-7-2-3-9-19(17)15-20)23(25)24-22-12-6-10-18-8-4-5-11-21(18)22/h4-6,8,10-16H,2-3,7,9H2,1H3,(H,24,25)/t16-/m0/s1. The lowest BCUT2D eigenvalue weighted by Gasteiger charge is -2.19. The number of rotatable bonds is 4. The smallest absolute Gasteiger partial charge is 0.265 e. The maximum absolute atomic E-state index is 12.6. The minimum Gasteiger partial charge on any atom is -0.481 e. The molecule has 0 aromatic heterocycles. The third-order valence-electron chi connectivity index (χ3n) is 5.05. The van der Waals surface area contributed by atoms with Crippen LogP contribution >= 0.6 is 0 Å². The number of benzene rings is 3. The van der Waals surface area contributed by atoms with Crippen molar-refractivity contribution in [2.75, 3.05) is 5.32 Å². The third kappa shape index (κ3) is 3.43. The molecule has 0 spiro atoms. The van der Waals surface area contributed by atoms with Gasteiger partial charge in [-0.2, -0.15) is 0 Å². The van der Waals surface area contributed by atoms with Crippen LogP contribution in [0.3, 0.4) is 0 Å². The van der Waals surface area contributed by atoms with Crippen molar-refractivity contribution < 1.29 is 9.53 Å². The van der Waals surface area contributed by atoms with Gasteiger partial charge in [0.1, 0.15) is 5.75 Å². The summed E-state index contributed by atoms with van der Waals surface area (Å²) in [5, 5.41) is 5.14. The molecule has 4 rings (SSSR count). The Morgan fingerprint density at radius 2 is 1.73 bits per heavy atom. The van der Waals surface area contributed by atoms with E-state index in [4.69, 9.17) is 4.74 Å².